The molecule has 2 aliphatic carbocycles. The first-order valence-corrected chi connectivity index (χ1v) is 12.9. The molecule has 1 amide bonds. The molecule has 0 aliphatic heterocycles. The Morgan fingerprint density at radius 1 is 1.06 bits per heavy atom. The van der Waals surface area contributed by atoms with E-state index >= 15 is 0 Å². The number of fused-ring (bicyclic) bond motifs is 1. The molecule has 2 aromatic carbocycles. The second kappa shape index (κ2) is 10.2. The van der Waals surface area contributed by atoms with Crippen LogP contribution in [0.5, 0.6) is 0 Å². The molecular formula is C30H33N3O3. The lowest BCUT2D eigenvalue weighted by Gasteiger charge is -2.27. The molecule has 0 spiro atoms. The van der Waals surface area contributed by atoms with E-state index in [2.05, 4.69) is 48.3 Å². The van der Waals surface area contributed by atoms with Crippen LogP contribution in [0.3, 0.4) is 0 Å². The van der Waals surface area contributed by atoms with E-state index in [9.17, 15) is 9.59 Å². The van der Waals surface area contributed by atoms with Gasteiger partial charge in [-0.15, -0.1) is 5.92 Å². The lowest BCUT2D eigenvalue weighted by Crippen LogP contribution is -2.39. The Bertz CT molecular complexity index is 1330. The summed E-state index contributed by atoms with van der Waals surface area (Å²) in [6, 6.07) is 12.6. The third kappa shape index (κ3) is 4.75. The van der Waals surface area contributed by atoms with Crippen molar-refractivity contribution in [3.05, 3.63) is 64.8 Å². The highest BCUT2D eigenvalue weighted by Gasteiger charge is 2.29. The number of carbonyl (C=O) groups is 2. The Balaban J connectivity index is 1.43. The number of nitrogens with one attached hydrogen (secondary N) is 1. The third-order valence-corrected chi connectivity index (χ3v) is 7.69. The van der Waals surface area contributed by atoms with Crippen molar-refractivity contribution in [2.45, 2.75) is 70.4 Å². The smallest absolute Gasteiger partial charge is 0.308 e. The molecule has 0 bridgehead atoms. The van der Waals surface area contributed by atoms with Crippen LogP contribution in [0.1, 0.15) is 91.4 Å². The van der Waals surface area contributed by atoms with Crippen molar-refractivity contribution in [3.8, 4) is 11.8 Å². The molecule has 1 aromatic heterocycles. The van der Waals surface area contributed by atoms with Gasteiger partial charge in [0.25, 0.3) is 5.91 Å². The van der Waals surface area contributed by atoms with E-state index in [1.165, 1.54) is 25.5 Å². The van der Waals surface area contributed by atoms with Gasteiger partial charge in [-0.3, -0.25) is 14.3 Å². The Hall–Kier alpha value is -3.59. The molecule has 2 saturated carbocycles. The minimum absolute atomic E-state index is 0.0346. The minimum Gasteiger partial charge on any atom is -0.469 e. The molecule has 1 heterocycles. The molecule has 2 fully saturated rings. The van der Waals surface area contributed by atoms with Crippen molar-refractivity contribution in [3.63, 3.8) is 0 Å². The molecule has 0 unspecified atom stereocenters. The monoisotopic (exact) mass is 483 g/mol. The number of esters is 1. The van der Waals surface area contributed by atoms with Gasteiger partial charge in [0, 0.05) is 17.0 Å². The fraction of sp³-hybridized carbons (Fsp3) is 0.433. The highest BCUT2D eigenvalue weighted by molar-refractivity contribution is 6.07. The summed E-state index contributed by atoms with van der Waals surface area (Å²) in [5, 5.41) is 8.82. The average Bonchev–Trinajstić information content (AvgIpc) is 3.67. The number of aromatic nitrogens is 2. The largest absolute Gasteiger partial charge is 0.469 e. The van der Waals surface area contributed by atoms with Crippen molar-refractivity contribution < 1.29 is 14.3 Å². The highest BCUT2D eigenvalue weighted by atomic mass is 16.5. The maximum Gasteiger partial charge on any atom is 0.308 e. The quantitative estimate of drug-likeness (QED) is 0.379. The summed E-state index contributed by atoms with van der Waals surface area (Å²) >= 11 is 0. The third-order valence-electron chi connectivity index (χ3n) is 7.69. The van der Waals surface area contributed by atoms with Gasteiger partial charge in [0.1, 0.15) is 0 Å². The number of nitrogens with zero attached hydrogens (tertiary/aromatic N) is 2. The van der Waals surface area contributed by atoms with Gasteiger partial charge in [-0.05, 0) is 81.5 Å². The standard InChI is InChI=1S/C30H33N3O3/c1-4-5-23-14-17-26(29(34)32-25-15-12-24(13-16-25)30(35)36-3)28-27(23)18-31-33(28)19(2)20-6-8-21(9-7-20)22-10-11-22/h6-9,14,17-19,22,24-25H,10-13,15-16H2,1-3H3,(H,32,34)/t19-,24?,25?/m0/s1. The topological polar surface area (TPSA) is 73.2 Å². The van der Waals surface area contributed by atoms with E-state index in [-0.39, 0.29) is 29.9 Å². The number of hydrogen-bond acceptors (Lipinski definition) is 4. The van der Waals surface area contributed by atoms with Crippen LogP contribution in [0, 0.1) is 17.8 Å². The summed E-state index contributed by atoms with van der Waals surface area (Å²) in [6.45, 7) is 3.93. The first-order chi connectivity index (χ1) is 17.5. The average molecular weight is 484 g/mol. The molecule has 6 nitrogen and oxygen atoms in total. The molecule has 0 saturated heterocycles. The van der Waals surface area contributed by atoms with Crippen molar-refractivity contribution in [1.82, 2.24) is 15.1 Å². The number of ether oxygens (including phenoxy) is 1. The van der Waals surface area contributed by atoms with Crippen LogP contribution >= 0.6 is 0 Å². The van der Waals surface area contributed by atoms with E-state index < -0.39 is 0 Å². The molecule has 6 heteroatoms. The fourth-order valence-corrected chi connectivity index (χ4v) is 5.39. The van der Waals surface area contributed by atoms with Crippen LogP contribution in [-0.2, 0) is 9.53 Å². The number of benzene rings is 2. The Morgan fingerprint density at radius 2 is 1.78 bits per heavy atom. The molecular weight excluding hydrogens is 450 g/mol. The van der Waals surface area contributed by atoms with Crippen LogP contribution in [0.2, 0.25) is 0 Å². The van der Waals surface area contributed by atoms with E-state index in [1.807, 2.05) is 29.9 Å². The molecule has 2 aliphatic rings. The lowest BCUT2D eigenvalue weighted by molar-refractivity contribution is -0.146. The predicted molar refractivity (Wildman–Crippen MR) is 140 cm³/mol. The van der Waals surface area contributed by atoms with E-state index in [4.69, 9.17) is 9.84 Å². The molecule has 0 radical (unpaired) electrons. The van der Waals surface area contributed by atoms with Gasteiger partial charge in [0.15, 0.2) is 0 Å². The van der Waals surface area contributed by atoms with Gasteiger partial charge in [0.05, 0.1) is 36.3 Å². The van der Waals surface area contributed by atoms with Crippen LogP contribution < -0.4 is 5.32 Å². The first kappa shape index (κ1) is 24.1. The normalized spacial score (nSPS) is 20.3. The van der Waals surface area contributed by atoms with Gasteiger partial charge in [-0.2, -0.15) is 5.10 Å². The van der Waals surface area contributed by atoms with Crippen LogP contribution in [0.15, 0.2) is 42.6 Å². The summed E-state index contributed by atoms with van der Waals surface area (Å²) in [7, 11) is 1.43. The molecule has 1 N–H and O–H groups in total. The van der Waals surface area contributed by atoms with Crippen LogP contribution in [0.25, 0.3) is 10.9 Å². The molecule has 1 atom stereocenters. The van der Waals surface area contributed by atoms with Crippen molar-refractivity contribution in [1.29, 1.82) is 0 Å². The first-order valence-electron chi connectivity index (χ1n) is 12.9. The maximum absolute atomic E-state index is 13.5. The number of hydrogen-bond donors (Lipinski definition) is 1. The summed E-state index contributed by atoms with van der Waals surface area (Å²) in [6.07, 6.45) is 7.36. The SMILES string of the molecule is CC#Cc1ccc(C(=O)NC2CCC(C(=O)OC)CC2)c2c1cnn2[C@@H](C)c1ccc(C2CC2)cc1. The van der Waals surface area contributed by atoms with Crippen molar-refractivity contribution >= 4 is 22.8 Å². The Morgan fingerprint density at radius 3 is 2.42 bits per heavy atom. The van der Waals surface area contributed by atoms with E-state index in [0.717, 1.165) is 47.7 Å². The van der Waals surface area contributed by atoms with Crippen LogP contribution in [-0.4, -0.2) is 34.8 Å². The second-order valence-corrected chi connectivity index (χ2v) is 10.0. The summed E-state index contributed by atoms with van der Waals surface area (Å²) in [4.78, 5) is 25.4. The minimum atomic E-state index is -0.155. The van der Waals surface area contributed by atoms with E-state index in [0.29, 0.717) is 11.5 Å². The van der Waals surface area contributed by atoms with Crippen LogP contribution in [0.4, 0.5) is 0 Å². The highest BCUT2D eigenvalue weighted by Crippen LogP contribution is 2.40. The number of rotatable bonds is 6. The van der Waals surface area contributed by atoms with Crippen molar-refractivity contribution in [2.75, 3.05) is 7.11 Å². The summed E-state index contributed by atoms with van der Waals surface area (Å²) < 4.78 is 6.84. The zero-order valence-corrected chi connectivity index (χ0v) is 21.2. The number of methoxy groups -OCH3 is 1. The fourth-order valence-electron chi connectivity index (χ4n) is 5.39. The Labute approximate surface area is 212 Å². The molecule has 5 rings (SSSR count). The molecule has 186 valence electrons. The molecule has 3 aromatic rings. The van der Waals surface area contributed by atoms with Gasteiger partial charge in [-0.1, -0.05) is 30.2 Å². The second-order valence-electron chi connectivity index (χ2n) is 10.0. The number of carbonyl (C=O) groups excluding carboxylic acids is 2. The Kier molecular flexibility index (Phi) is 6.82. The maximum atomic E-state index is 13.5. The van der Waals surface area contributed by atoms with E-state index in [1.54, 1.807) is 0 Å². The zero-order chi connectivity index (χ0) is 25.2. The van der Waals surface area contributed by atoms with Gasteiger partial charge < -0.3 is 10.1 Å². The number of amides is 1. The van der Waals surface area contributed by atoms with Gasteiger partial charge in [-0.25, -0.2) is 0 Å². The van der Waals surface area contributed by atoms with Gasteiger partial charge >= 0.3 is 5.97 Å². The molecule has 36 heavy (non-hydrogen) atoms. The van der Waals surface area contributed by atoms with Gasteiger partial charge in [0.2, 0.25) is 0 Å². The zero-order valence-electron chi connectivity index (χ0n) is 21.2. The lowest BCUT2D eigenvalue weighted by atomic mass is 9.86. The predicted octanol–water partition coefficient (Wildman–Crippen LogP) is 5.36. The summed E-state index contributed by atoms with van der Waals surface area (Å²) in [5.74, 6) is 6.51. The summed E-state index contributed by atoms with van der Waals surface area (Å²) in [5.41, 5.74) is 4.82. The van der Waals surface area contributed by atoms with Crippen molar-refractivity contribution in [2.24, 2.45) is 5.92 Å².